The summed E-state index contributed by atoms with van der Waals surface area (Å²) in [4.78, 5) is 22.7. The van der Waals surface area contributed by atoms with Crippen molar-refractivity contribution in [2.75, 3.05) is 5.32 Å². The van der Waals surface area contributed by atoms with Crippen LogP contribution in [0.2, 0.25) is 0 Å². The van der Waals surface area contributed by atoms with E-state index in [-0.39, 0.29) is 11.6 Å². The average Bonchev–Trinajstić information content (AvgIpc) is 2.60. The Labute approximate surface area is 140 Å². The fourth-order valence-electron chi connectivity index (χ4n) is 3.03. The normalized spacial score (nSPS) is 13.5. The molecular weight excluding hydrogens is 304 g/mol. The van der Waals surface area contributed by atoms with E-state index in [0.717, 1.165) is 24.9 Å². The SMILES string of the molecule is O=C(/C=C/c1ccccc1[N+](=O)[O-])Nc1cccc2c1CCCC2. The van der Waals surface area contributed by atoms with Crippen molar-refractivity contribution in [3.05, 3.63) is 75.3 Å². The lowest BCUT2D eigenvalue weighted by Crippen LogP contribution is -2.13. The minimum atomic E-state index is -0.453. The lowest BCUT2D eigenvalue weighted by Gasteiger charge is -2.19. The van der Waals surface area contributed by atoms with Gasteiger partial charge in [0.25, 0.3) is 5.69 Å². The Hall–Kier alpha value is -2.95. The van der Waals surface area contributed by atoms with Crippen molar-refractivity contribution in [3.8, 4) is 0 Å². The van der Waals surface area contributed by atoms with Gasteiger partial charge in [-0.3, -0.25) is 14.9 Å². The number of para-hydroxylation sites is 1. The molecule has 0 unspecified atom stereocenters. The summed E-state index contributed by atoms with van der Waals surface area (Å²) in [6.45, 7) is 0. The number of hydrogen-bond donors (Lipinski definition) is 1. The number of nitro groups is 1. The Morgan fingerprint density at radius 2 is 1.88 bits per heavy atom. The molecule has 5 nitrogen and oxygen atoms in total. The van der Waals surface area contributed by atoms with Crippen LogP contribution in [0, 0.1) is 10.1 Å². The minimum Gasteiger partial charge on any atom is -0.322 e. The van der Waals surface area contributed by atoms with Crippen LogP contribution >= 0.6 is 0 Å². The van der Waals surface area contributed by atoms with Crippen LogP contribution in [-0.4, -0.2) is 10.8 Å². The predicted octanol–water partition coefficient (Wildman–Crippen LogP) is 4.13. The van der Waals surface area contributed by atoms with E-state index in [4.69, 9.17) is 0 Å². The smallest absolute Gasteiger partial charge is 0.276 e. The van der Waals surface area contributed by atoms with E-state index in [1.807, 2.05) is 12.1 Å². The standard InChI is InChI=1S/C19H18N2O3/c22-19(13-12-15-7-2-4-11-18(15)21(23)24)20-17-10-5-8-14-6-1-3-9-16(14)17/h2,4-5,7-8,10-13H,1,3,6,9H2,(H,20,22)/b13-12+. The highest BCUT2D eigenvalue weighted by molar-refractivity contribution is 6.02. The van der Waals surface area contributed by atoms with Gasteiger partial charge in [0.1, 0.15) is 0 Å². The van der Waals surface area contributed by atoms with Gasteiger partial charge in [0.05, 0.1) is 10.5 Å². The van der Waals surface area contributed by atoms with Crippen LogP contribution in [0.4, 0.5) is 11.4 Å². The highest BCUT2D eigenvalue weighted by Crippen LogP contribution is 2.28. The maximum atomic E-state index is 12.2. The average molecular weight is 322 g/mol. The van der Waals surface area contributed by atoms with Crippen LogP contribution < -0.4 is 5.32 Å². The molecule has 3 rings (SSSR count). The molecular formula is C19H18N2O3. The molecule has 1 amide bonds. The van der Waals surface area contributed by atoms with Gasteiger partial charge in [-0.25, -0.2) is 0 Å². The predicted molar refractivity (Wildman–Crippen MR) is 93.8 cm³/mol. The molecule has 0 bridgehead atoms. The van der Waals surface area contributed by atoms with Gasteiger partial charge in [-0.15, -0.1) is 0 Å². The molecule has 0 spiro atoms. The third-order valence-corrected chi connectivity index (χ3v) is 4.20. The van der Waals surface area contributed by atoms with Gasteiger partial charge in [0.15, 0.2) is 0 Å². The summed E-state index contributed by atoms with van der Waals surface area (Å²) in [6.07, 6.45) is 7.14. The maximum absolute atomic E-state index is 12.2. The Morgan fingerprint density at radius 3 is 2.71 bits per heavy atom. The van der Waals surface area contributed by atoms with Crippen LogP contribution in [0.15, 0.2) is 48.5 Å². The molecule has 24 heavy (non-hydrogen) atoms. The minimum absolute atomic E-state index is 0.0151. The van der Waals surface area contributed by atoms with Gasteiger partial charge in [0.2, 0.25) is 5.91 Å². The van der Waals surface area contributed by atoms with Gasteiger partial charge in [-0.1, -0.05) is 24.3 Å². The Morgan fingerprint density at radius 1 is 1.08 bits per heavy atom. The summed E-state index contributed by atoms with van der Waals surface area (Å²) >= 11 is 0. The lowest BCUT2D eigenvalue weighted by atomic mass is 9.90. The second-order valence-electron chi connectivity index (χ2n) is 5.79. The van der Waals surface area contributed by atoms with Gasteiger partial charge >= 0.3 is 0 Å². The summed E-state index contributed by atoms with van der Waals surface area (Å²) in [7, 11) is 0. The summed E-state index contributed by atoms with van der Waals surface area (Å²) < 4.78 is 0. The number of aryl methyl sites for hydroxylation is 1. The van der Waals surface area contributed by atoms with Crippen molar-refractivity contribution < 1.29 is 9.72 Å². The van der Waals surface area contributed by atoms with E-state index >= 15 is 0 Å². The third kappa shape index (κ3) is 3.51. The molecule has 1 aliphatic rings. The number of nitrogens with zero attached hydrogens (tertiary/aromatic N) is 1. The molecule has 0 atom stereocenters. The van der Waals surface area contributed by atoms with E-state index in [0.29, 0.717) is 5.56 Å². The topological polar surface area (TPSA) is 72.2 Å². The van der Waals surface area contributed by atoms with Crippen molar-refractivity contribution >= 4 is 23.4 Å². The zero-order valence-corrected chi connectivity index (χ0v) is 13.2. The number of rotatable bonds is 4. The van der Waals surface area contributed by atoms with Gasteiger partial charge in [0, 0.05) is 17.8 Å². The zero-order chi connectivity index (χ0) is 16.9. The molecule has 0 saturated heterocycles. The van der Waals surface area contributed by atoms with Crippen LogP contribution in [-0.2, 0) is 17.6 Å². The van der Waals surface area contributed by atoms with Crippen molar-refractivity contribution in [2.24, 2.45) is 0 Å². The molecule has 0 fully saturated rings. The number of nitrogens with one attached hydrogen (secondary N) is 1. The first-order chi connectivity index (χ1) is 11.6. The first-order valence-corrected chi connectivity index (χ1v) is 7.98. The summed E-state index contributed by atoms with van der Waals surface area (Å²) in [5.41, 5.74) is 3.73. The van der Waals surface area contributed by atoms with Gasteiger partial charge < -0.3 is 5.32 Å². The van der Waals surface area contributed by atoms with E-state index < -0.39 is 4.92 Å². The number of benzene rings is 2. The molecule has 122 valence electrons. The summed E-state index contributed by atoms with van der Waals surface area (Å²) in [5, 5.41) is 13.9. The first kappa shape index (κ1) is 15.9. The van der Waals surface area contributed by atoms with Gasteiger partial charge in [-0.2, -0.15) is 0 Å². The lowest BCUT2D eigenvalue weighted by molar-refractivity contribution is -0.385. The first-order valence-electron chi connectivity index (χ1n) is 7.98. The number of anilines is 1. The highest BCUT2D eigenvalue weighted by Gasteiger charge is 2.14. The summed E-state index contributed by atoms with van der Waals surface area (Å²) in [5.74, 6) is -0.285. The number of carbonyl (C=O) groups is 1. The number of amides is 1. The number of nitro benzene ring substituents is 1. The van der Waals surface area contributed by atoms with Crippen molar-refractivity contribution in [1.82, 2.24) is 0 Å². The fraction of sp³-hybridized carbons (Fsp3) is 0.211. The van der Waals surface area contributed by atoms with Crippen molar-refractivity contribution in [1.29, 1.82) is 0 Å². The zero-order valence-electron chi connectivity index (χ0n) is 13.2. The highest BCUT2D eigenvalue weighted by atomic mass is 16.6. The van der Waals surface area contributed by atoms with Crippen LogP contribution in [0.1, 0.15) is 29.5 Å². The molecule has 0 aromatic heterocycles. The quantitative estimate of drug-likeness (QED) is 0.523. The van der Waals surface area contributed by atoms with Crippen LogP contribution in [0.25, 0.3) is 6.08 Å². The Kier molecular flexibility index (Phi) is 4.70. The van der Waals surface area contributed by atoms with E-state index in [2.05, 4.69) is 11.4 Å². The monoisotopic (exact) mass is 322 g/mol. The molecule has 0 saturated carbocycles. The van der Waals surface area contributed by atoms with Crippen LogP contribution in [0.5, 0.6) is 0 Å². The molecule has 0 radical (unpaired) electrons. The van der Waals surface area contributed by atoms with Crippen molar-refractivity contribution in [3.63, 3.8) is 0 Å². The molecule has 0 heterocycles. The molecule has 1 aliphatic carbocycles. The number of carbonyl (C=O) groups excluding carboxylic acids is 1. The molecule has 2 aromatic rings. The van der Waals surface area contributed by atoms with Crippen LogP contribution in [0.3, 0.4) is 0 Å². The fourth-order valence-corrected chi connectivity index (χ4v) is 3.03. The van der Waals surface area contributed by atoms with E-state index in [1.165, 1.54) is 35.8 Å². The number of fused-ring (bicyclic) bond motifs is 1. The van der Waals surface area contributed by atoms with Crippen molar-refractivity contribution in [2.45, 2.75) is 25.7 Å². The largest absolute Gasteiger partial charge is 0.322 e. The molecule has 1 N–H and O–H groups in total. The summed E-state index contributed by atoms with van der Waals surface area (Å²) in [6, 6.07) is 12.3. The van der Waals surface area contributed by atoms with E-state index in [9.17, 15) is 14.9 Å². The number of hydrogen-bond acceptors (Lipinski definition) is 3. The third-order valence-electron chi connectivity index (χ3n) is 4.20. The maximum Gasteiger partial charge on any atom is 0.276 e. The Bertz CT molecular complexity index is 812. The molecule has 0 aliphatic heterocycles. The Balaban J connectivity index is 1.76. The molecule has 2 aromatic carbocycles. The van der Waals surface area contributed by atoms with E-state index in [1.54, 1.807) is 18.2 Å². The second-order valence-corrected chi connectivity index (χ2v) is 5.79. The second kappa shape index (κ2) is 7.08. The molecule has 5 heteroatoms. The van der Waals surface area contributed by atoms with Gasteiger partial charge in [-0.05, 0) is 55.0 Å².